The molecule has 1 aromatic rings. The average molecular weight is 494 g/mol. The molecule has 1 aromatic carbocycles. The summed E-state index contributed by atoms with van der Waals surface area (Å²) in [6.07, 6.45) is 2.47. The van der Waals surface area contributed by atoms with E-state index in [1.807, 2.05) is 27.7 Å². The number of nitro groups is 1. The van der Waals surface area contributed by atoms with Crippen molar-refractivity contribution in [3.63, 3.8) is 0 Å². The summed E-state index contributed by atoms with van der Waals surface area (Å²) in [6, 6.07) is 5.32. The van der Waals surface area contributed by atoms with Gasteiger partial charge < -0.3 is 20.5 Å². The van der Waals surface area contributed by atoms with Crippen LogP contribution in [-0.4, -0.2) is 47.0 Å². The van der Waals surface area contributed by atoms with Gasteiger partial charge in [-0.15, -0.1) is 0 Å². The van der Waals surface area contributed by atoms with Crippen molar-refractivity contribution in [1.82, 2.24) is 10.6 Å². The van der Waals surface area contributed by atoms with Crippen molar-refractivity contribution in [3.05, 3.63) is 34.4 Å². The van der Waals surface area contributed by atoms with Crippen molar-refractivity contribution in [2.45, 2.75) is 79.2 Å². The van der Waals surface area contributed by atoms with Gasteiger partial charge in [0, 0.05) is 42.5 Å². The smallest absolute Gasteiger partial charge is 0.311 e. The molecule has 0 heterocycles. The molecule has 0 saturated heterocycles. The molecule has 0 saturated carbocycles. The lowest BCUT2D eigenvalue weighted by atomic mass is 9.71. The Morgan fingerprint density at radius 3 is 2.23 bits per heavy atom. The van der Waals surface area contributed by atoms with Crippen molar-refractivity contribution in [2.24, 2.45) is 10.8 Å². The second-order valence-electron chi connectivity index (χ2n) is 9.83. The lowest BCUT2D eigenvalue weighted by Crippen LogP contribution is -2.47. The number of nitro benzene ring substituents is 1. The summed E-state index contributed by atoms with van der Waals surface area (Å²) in [5, 5.41) is 25.7. The highest BCUT2D eigenvalue weighted by atomic mass is 16.6. The molecule has 196 valence electrons. The number of amides is 2. The van der Waals surface area contributed by atoms with Gasteiger partial charge >= 0.3 is 5.97 Å². The van der Waals surface area contributed by atoms with Crippen LogP contribution in [-0.2, 0) is 14.4 Å². The van der Waals surface area contributed by atoms with Gasteiger partial charge in [-0.1, -0.05) is 34.1 Å². The van der Waals surface area contributed by atoms with Crippen LogP contribution in [0.15, 0.2) is 24.3 Å². The van der Waals surface area contributed by atoms with Crippen LogP contribution in [0.2, 0.25) is 0 Å². The van der Waals surface area contributed by atoms with E-state index >= 15 is 0 Å². The molecule has 0 aliphatic carbocycles. The van der Waals surface area contributed by atoms with Crippen LogP contribution in [0.5, 0.6) is 5.75 Å². The standard InChI is InChI=1S/C25H39N3O7/c1-6-25(5,23(32)27-16-18(2)29)17-24(3,4)22(31)26-15-9-7-8-10-21(30)35-20-13-11-19(12-14-20)28(33)34/h11-14,18,29H,6-10,15-17H2,1-5H3,(H,26,31)(H,27,32). The number of hydrogen-bond donors (Lipinski definition) is 3. The fourth-order valence-electron chi connectivity index (χ4n) is 3.71. The maximum Gasteiger partial charge on any atom is 0.311 e. The first-order chi connectivity index (χ1) is 16.3. The van der Waals surface area contributed by atoms with Crippen LogP contribution >= 0.6 is 0 Å². The molecular formula is C25H39N3O7. The zero-order valence-corrected chi connectivity index (χ0v) is 21.4. The number of aliphatic hydroxyl groups excluding tert-OH is 1. The third-order valence-electron chi connectivity index (χ3n) is 5.96. The third-order valence-corrected chi connectivity index (χ3v) is 5.96. The summed E-state index contributed by atoms with van der Waals surface area (Å²) in [6.45, 7) is 9.58. The van der Waals surface area contributed by atoms with Crippen molar-refractivity contribution < 1.29 is 29.2 Å². The van der Waals surface area contributed by atoms with Gasteiger partial charge in [-0.3, -0.25) is 24.5 Å². The van der Waals surface area contributed by atoms with Crippen LogP contribution in [0.4, 0.5) is 5.69 Å². The van der Waals surface area contributed by atoms with Crippen molar-refractivity contribution in [3.8, 4) is 5.75 Å². The van der Waals surface area contributed by atoms with Gasteiger partial charge in [0.1, 0.15) is 5.75 Å². The number of unbranched alkanes of at least 4 members (excludes halogenated alkanes) is 2. The van der Waals surface area contributed by atoms with Crippen LogP contribution in [0.25, 0.3) is 0 Å². The predicted molar refractivity (Wildman–Crippen MR) is 132 cm³/mol. The van der Waals surface area contributed by atoms with Gasteiger partial charge in [0.2, 0.25) is 11.8 Å². The number of benzene rings is 1. The molecule has 0 spiro atoms. The number of nitrogens with one attached hydrogen (secondary N) is 2. The maximum atomic E-state index is 12.8. The molecule has 0 fully saturated rings. The van der Waals surface area contributed by atoms with E-state index in [1.54, 1.807) is 6.92 Å². The minimum atomic E-state index is -0.762. The first-order valence-corrected chi connectivity index (χ1v) is 12.0. The molecule has 10 nitrogen and oxygen atoms in total. The molecule has 0 aromatic heterocycles. The summed E-state index contributed by atoms with van der Waals surface area (Å²) < 4.78 is 5.17. The van der Waals surface area contributed by atoms with Crippen molar-refractivity contribution in [2.75, 3.05) is 13.1 Å². The fraction of sp³-hybridized carbons (Fsp3) is 0.640. The molecule has 2 amide bonds. The molecule has 0 aliphatic rings. The number of aliphatic hydroxyl groups is 1. The summed E-state index contributed by atoms with van der Waals surface area (Å²) in [5.41, 5.74) is -1.57. The first kappa shape index (κ1) is 30.0. The number of rotatable bonds is 15. The van der Waals surface area contributed by atoms with Crippen LogP contribution in [0.3, 0.4) is 0 Å². The van der Waals surface area contributed by atoms with E-state index in [4.69, 9.17) is 4.74 Å². The molecule has 10 heteroatoms. The van der Waals surface area contributed by atoms with E-state index < -0.39 is 27.8 Å². The van der Waals surface area contributed by atoms with E-state index in [0.29, 0.717) is 38.6 Å². The Labute approximate surface area is 207 Å². The summed E-state index contributed by atoms with van der Waals surface area (Å²) >= 11 is 0. The Hall–Kier alpha value is -3.01. The SMILES string of the molecule is CCC(C)(CC(C)(C)C(=O)NCCCCCC(=O)Oc1ccc([N+](=O)[O-])cc1)C(=O)NCC(C)O. The molecule has 0 radical (unpaired) electrons. The summed E-state index contributed by atoms with van der Waals surface area (Å²) in [7, 11) is 0. The minimum absolute atomic E-state index is 0.0751. The monoisotopic (exact) mass is 493 g/mol. The van der Waals surface area contributed by atoms with E-state index in [1.165, 1.54) is 24.3 Å². The average Bonchev–Trinajstić information content (AvgIpc) is 2.79. The molecule has 2 unspecified atom stereocenters. The molecule has 0 bridgehead atoms. The Morgan fingerprint density at radius 1 is 1.06 bits per heavy atom. The molecule has 2 atom stereocenters. The first-order valence-electron chi connectivity index (χ1n) is 12.0. The van der Waals surface area contributed by atoms with E-state index in [2.05, 4.69) is 10.6 Å². The number of nitrogens with zero attached hydrogens (tertiary/aromatic N) is 1. The Morgan fingerprint density at radius 2 is 1.69 bits per heavy atom. The zero-order chi connectivity index (χ0) is 26.6. The van der Waals surface area contributed by atoms with E-state index in [9.17, 15) is 29.6 Å². The van der Waals surface area contributed by atoms with Gasteiger partial charge in [-0.2, -0.15) is 0 Å². The second kappa shape index (κ2) is 13.8. The van der Waals surface area contributed by atoms with Gasteiger partial charge in [0.15, 0.2) is 0 Å². The van der Waals surface area contributed by atoms with Crippen LogP contribution in [0, 0.1) is 20.9 Å². The van der Waals surface area contributed by atoms with Gasteiger partial charge in [0.05, 0.1) is 11.0 Å². The van der Waals surface area contributed by atoms with Gasteiger partial charge in [-0.25, -0.2) is 0 Å². The van der Waals surface area contributed by atoms with Crippen LogP contribution in [0.1, 0.15) is 73.1 Å². The number of esters is 1. The third kappa shape index (κ3) is 10.4. The number of non-ortho nitro benzene ring substituents is 1. The highest BCUT2D eigenvalue weighted by molar-refractivity contribution is 5.85. The highest BCUT2D eigenvalue weighted by Gasteiger charge is 2.40. The summed E-state index contributed by atoms with van der Waals surface area (Å²) in [5.74, 6) is -0.481. The molecular weight excluding hydrogens is 454 g/mol. The lowest BCUT2D eigenvalue weighted by molar-refractivity contribution is -0.384. The van der Waals surface area contributed by atoms with Gasteiger partial charge in [-0.05, 0) is 44.7 Å². The van der Waals surface area contributed by atoms with Gasteiger partial charge in [0.25, 0.3) is 5.69 Å². The zero-order valence-electron chi connectivity index (χ0n) is 21.4. The van der Waals surface area contributed by atoms with Crippen molar-refractivity contribution in [1.29, 1.82) is 0 Å². The Kier molecular flexibility index (Phi) is 11.8. The topological polar surface area (TPSA) is 148 Å². The predicted octanol–water partition coefficient (Wildman–Crippen LogP) is 3.51. The Balaban J connectivity index is 2.37. The largest absolute Gasteiger partial charge is 0.427 e. The van der Waals surface area contributed by atoms with Crippen molar-refractivity contribution >= 4 is 23.5 Å². The molecule has 3 N–H and O–H groups in total. The molecule has 35 heavy (non-hydrogen) atoms. The number of carbonyl (C=O) groups is 3. The number of ether oxygens (including phenoxy) is 1. The lowest BCUT2D eigenvalue weighted by Gasteiger charge is -2.35. The normalized spacial score (nSPS) is 13.9. The maximum absolute atomic E-state index is 12.8. The van der Waals surface area contributed by atoms with E-state index in [0.717, 1.165) is 0 Å². The second-order valence-corrected chi connectivity index (χ2v) is 9.83. The van der Waals surface area contributed by atoms with Crippen LogP contribution < -0.4 is 15.4 Å². The highest BCUT2D eigenvalue weighted by Crippen LogP contribution is 2.37. The fourth-order valence-corrected chi connectivity index (χ4v) is 3.71. The molecule has 1 rings (SSSR count). The van der Waals surface area contributed by atoms with E-state index in [-0.39, 0.29) is 36.2 Å². The minimum Gasteiger partial charge on any atom is -0.427 e. The number of hydrogen-bond acceptors (Lipinski definition) is 7. The quantitative estimate of drug-likeness (QED) is 0.111. The summed E-state index contributed by atoms with van der Waals surface area (Å²) in [4.78, 5) is 47.4. The molecule has 0 aliphatic heterocycles. The Bertz CT molecular complexity index is 868. The number of carbonyl (C=O) groups excluding carboxylic acids is 3.